The van der Waals surface area contributed by atoms with Gasteiger partial charge in [-0.05, 0) is 24.1 Å². The highest BCUT2D eigenvalue weighted by atomic mass is 32.2. The fraction of sp³-hybridized carbons (Fsp3) is 0.467. The first-order valence-electron chi connectivity index (χ1n) is 6.76. The van der Waals surface area contributed by atoms with Crippen LogP contribution < -0.4 is 9.04 Å². The van der Waals surface area contributed by atoms with Crippen LogP contribution in [0.5, 0.6) is 5.75 Å². The molecule has 114 valence electrons. The molecule has 0 radical (unpaired) electrons. The van der Waals surface area contributed by atoms with E-state index in [2.05, 4.69) is 11.8 Å². The van der Waals surface area contributed by atoms with Crippen LogP contribution in [-0.4, -0.2) is 39.5 Å². The molecule has 0 aromatic heterocycles. The second-order valence-corrected chi connectivity index (χ2v) is 7.01. The molecule has 5 nitrogen and oxygen atoms in total. The largest absolute Gasteiger partial charge is 0.495 e. The number of benzene rings is 1. The molecule has 1 aliphatic rings. The Morgan fingerprint density at radius 2 is 2.24 bits per heavy atom. The van der Waals surface area contributed by atoms with Gasteiger partial charge < -0.3 is 9.84 Å². The molecule has 1 saturated heterocycles. The van der Waals surface area contributed by atoms with Gasteiger partial charge in [0, 0.05) is 18.5 Å². The highest BCUT2D eigenvalue weighted by molar-refractivity contribution is 7.93. The van der Waals surface area contributed by atoms with Gasteiger partial charge in [0.15, 0.2) is 0 Å². The number of aliphatic hydroxyl groups excluding tert-OH is 1. The number of anilines is 1. The van der Waals surface area contributed by atoms with Gasteiger partial charge in [-0.3, -0.25) is 4.31 Å². The zero-order chi connectivity index (χ0) is 15.5. The van der Waals surface area contributed by atoms with Gasteiger partial charge in [0.05, 0.1) is 25.2 Å². The summed E-state index contributed by atoms with van der Waals surface area (Å²) in [5.41, 5.74) is 1.23. The third kappa shape index (κ3) is 3.49. The van der Waals surface area contributed by atoms with Crippen molar-refractivity contribution in [1.29, 1.82) is 0 Å². The van der Waals surface area contributed by atoms with E-state index in [1.165, 1.54) is 11.4 Å². The molecule has 1 heterocycles. The maximum absolute atomic E-state index is 12.2. The van der Waals surface area contributed by atoms with Gasteiger partial charge in [0.2, 0.25) is 10.0 Å². The van der Waals surface area contributed by atoms with Gasteiger partial charge in [0.1, 0.15) is 5.75 Å². The smallest absolute Gasteiger partial charge is 0.235 e. The average Bonchev–Trinajstić information content (AvgIpc) is 2.71. The summed E-state index contributed by atoms with van der Waals surface area (Å²) in [4.78, 5) is 0. The van der Waals surface area contributed by atoms with Crippen molar-refractivity contribution < 1.29 is 18.3 Å². The van der Waals surface area contributed by atoms with Crippen LogP contribution in [0, 0.1) is 17.8 Å². The second kappa shape index (κ2) is 6.37. The van der Waals surface area contributed by atoms with Crippen molar-refractivity contribution >= 4 is 15.7 Å². The number of sulfonamides is 1. The van der Waals surface area contributed by atoms with Crippen LogP contribution in [0.25, 0.3) is 0 Å². The van der Waals surface area contributed by atoms with E-state index < -0.39 is 10.0 Å². The molecule has 1 atom stereocenters. The Morgan fingerprint density at radius 1 is 1.48 bits per heavy atom. The van der Waals surface area contributed by atoms with E-state index in [9.17, 15) is 8.42 Å². The van der Waals surface area contributed by atoms with Crippen molar-refractivity contribution in [2.24, 2.45) is 5.92 Å². The lowest BCUT2D eigenvalue weighted by molar-refractivity contribution is 0.305. The van der Waals surface area contributed by atoms with Gasteiger partial charge >= 0.3 is 0 Å². The summed E-state index contributed by atoms with van der Waals surface area (Å²) in [6.07, 6.45) is 0.389. The van der Waals surface area contributed by atoms with E-state index in [-0.39, 0.29) is 18.3 Å². The standard InChI is InChI=1S/C15H19NO4S/c1-12-10-16(21(18,19)11-12)14-9-13(5-3-4-8-17)6-7-15(14)20-2/h6-7,9,12,17H,4,8,10-11H2,1-2H3. The van der Waals surface area contributed by atoms with Crippen LogP contribution in [0.3, 0.4) is 0 Å². The zero-order valence-corrected chi connectivity index (χ0v) is 13.0. The lowest BCUT2D eigenvalue weighted by atomic mass is 10.1. The highest BCUT2D eigenvalue weighted by Gasteiger charge is 2.35. The molecule has 0 amide bonds. The first kappa shape index (κ1) is 15.7. The maximum Gasteiger partial charge on any atom is 0.235 e. The third-order valence-corrected chi connectivity index (χ3v) is 5.23. The molecule has 0 spiro atoms. The van der Waals surface area contributed by atoms with Gasteiger partial charge in [0.25, 0.3) is 0 Å². The molecule has 0 saturated carbocycles. The number of methoxy groups -OCH3 is 1. The molecule has 1 aromatic rings. The van der Waals surface area contributed by atoms with Crippen molar-refractivity contribution in [1.82, 2.24) is 0 Å². The summed E-state index contributed by atoms with van der Waals surface area (Å²) < 4.78 is 31.1. The van der Waals surface area contributed by atoms with Crippen molar-refractivity contribution in [3.63, 3.8) is 0 Å². The Balaban J connectivity index is 2.42. The van der Waals surface area contributed by atoms with Crippen LogP contribution >= 0.6 is 0 Å². The molecule has 1 aromatic carbocycles. The monoisotopic (exact) mass is 309 g/mol. The molecule has 1 fully saturated rings. The Hall–Kier alpha value is -1.71. The highest BCUT2D eigenvalue weighted by Crippen LogP contribution is 2.35. The lowest BCUT2D eigenvalue weighted by Crippen LogP contribution is -2.25. The van der Waals surface area contributed by atoms with Crippen LogP contribution in [0.4, 0.5) is 5.69 Å². The molecule has 21 heavy (non-hydrogen) atoms. The fourth-order valence-electron chi connectivity index (χ4n) is 2.33. The minimum absolute atomic E-state index is 0.00797. The Kier molecular flexibility index (Phi) is 4.76. The van der Waals surface area contributed by atoms with Crippen molar-refractivity contribution in [3.05, 3.63) is 23.8 Å². The average molecular weight is 309 g/mol. The Bertz CT molecular complexity index is 673. The number of ether oxygens (including phenoxy) is 1. The van der Waals surface area contributed by atoms with Gasteiger partial charge in [-0.15, -0.1) is 0 Å². The first-order chi connectivity index (χ1) is 9.97. The predicted molar refractivity (Wildman–Crippen MR) is 81.9 cm³/mol. The molecule has 0 bridgehead atoms. The number of hydrogen-bond donors (Lipinski definition) is 1. The van der Waals surface area contributed by atoms with Crippen molar-refractivity contribution in [3.8, 4) is 17.6 Å². The van der Waals surface area contributed by atoms with Crippen molar-refractivity contribution in [2.75, 3.05) is 30.3 Å². The summed E-state index contributed by atoms with van der Waals surface area (Å²) in [5, 5.41) is 8.74. The quantitative estimate of drug-likeness (QED) is 0.853. The molecule has 0 aliphatic carbocycles. The molecule has 1 unspecified atom stereocenters. The van der Waals surface area contributed by atoms with E-state index in [0.717, 1.165) is 0 Å². The molecule has 1 N–H and O–H groups in total. The van der Waals surface area contributed by atoms with Crippen LogP contribution in [0.15, 0.2) is 18.2 Å². The number of nitrogens with zero attached hydrogens (tertiary/aromatic N) is 1. The molecule has 6 heteroatoms. The summed E-state index contributed by atoms with van der Waals surface area (Å²) in [7, 11) is -1.78. The minimum atomic E-state index is -3.30. The normalized spacial score (nSPS) is 20.0. The van der Waals surface area contributed by atoms with E-state index in [0.29, 0.717) is 30.0 Å². The van der Waals surface area contributed by atoms with E-state index in [1.807, 2.05) is 6.92 Å². The number of hydrogen-bond acceptors (Lipinski definition) is 4. The van der Waals surface area contributed by atoms with Gasteiger partial charge in [-0.25, -0.2) is 8.42 Å². The maximum atomic E-state index is 12.2. The first-order valence-corrected chi connectivity index (χ1v) is 8.37. The molecule has 2 rings (SSSR count). The Morgan fingerprint density at radius 3 is 2.81 bits per heavy atom. The molecular weight excluding hydrogens is 290 g/mol. The van der Waals surface area contributed by atoms with Gasteiger partial charge in [-0.1, -0.05) is 18.8 Å². The summed E-state index contributed by atoms with van der Waals surface area (Å²) in [5.74, 6) is 6.49. The number of aliphatic hydroxyl groups is 1. The fourth-order valence-corrected chi connectivity index (χ4v) is 4.26. The summed E-state index contributed by atoms with van der Waals surface area (Å²) in [6, 6.07) is 5.22. The molecular formula is C15H19NO4S. The molecule has 1 aliphatic heterocycles. The predicted octanol–water partition coefficient (Wildman–Crippen LogP) is 1.22. The van der Waals surface area contributed by atoms with Crippen LogP contribution in [0.2, 0.25) is 0 Å². The van der Waals surface area contributed by atoms with Crippen LogP contribution in [0.1, 0.15) is 18.9 Å². The second-order valence-electron chi connectivity index (χ2n) is 5.08. The SMILES string of the molecule is COc1ccc(C#CCCO)cc1N1CC(C)CS1(=O)=O. The topological polar surface area (TPSA) is 66.8 Å². The van der Waals surface area contributed by atoms with E-state index in [1.54, 1.807) is 18.2 Å². The van der Waals surface area contributed by atoms with Crippen molar-refractivity contribution in [2.45, 2.75) is 13.3 Å². The van der Waals surface area contributed by atoms with E-state index >= 15 is 0 Å². The lowest BCUT2D eigenvalue weighted by Gasteiger charge is -2.20. The number of rotatable bonds is 3. The van der Waals surface area contributed by atoms with E-state index in [4.69, 9.17) is 9.84 Å². The third-order valence-electron chi connectivity index (χ3n) is 3.23. The Labute approximate surface area is 125 Å². The summed E-state index contributed by atoms with van der Waals surface area (Å²) >= 11 is 0. The minimum Gasteiger partial charge on any atom is -0.495 e. The summed E-state index contributed by atoms with van der Waals surface area (Å²) in [6.45, 7) is 2.37. The zero-order valence-electron chi connectivity index (χ0n) is 12.2. The van der Waals surface area contributed by atoms with Crippen LogP contribution in [-0.2, 0) is 10.0 Å². The van der Waals surface area contributed by atoms with Gasteiger partial charge in [-0.2, -0.15) is 0 Å².